The molecule has 0 unspecified atom stereocenters. The Bertz CT molecular complexity index is 512. The summed E-state index contributed by atoms with van der Waals surface area (Å²) >= 11 is 0. The van der Waals surface area contributed by atoms with E-state index >= 15 is 0 Å². The van der Waals surface area contributed by atoms with Crippen molar-refractivity contribution in [3.8, 4) is 6.07 Å². The van der Waals surface area contributed by atoms with Crippen LogP contribution < -0.4 is 15.5 Å². The van der Waals surface area contributed by atoms with Crippen LogP contribution >= 0.6 is 0 Å². The highest BCUT2D eigenvalue weighted by Gasteiger charge is 2.07. The number of benzene rings is 1. The summed E-state index contributed by atoms with van der Waals surface area (Å²) in [5.74, 6) is -0.355. The summed E-state index contributed by atoms with van der Waals surface area (Å²) in [6, 6.07) is 9.59. The molecule has 0 atom stereocenters. The van der Waals surface area contributed by atoms with E-state index in [-0.39, 0.29) is 11.5 Å². The van der Waals surface area contributed by atoms with Crippen LogP contribution in [-0.4, -0.2) is 26.5 Å². The van der Waals surface area contributed by atoms with Gasteiger partial charge >= 0.3 is 0 Å². The van der Waals surface area contributed by atoms with Gasteiger partial charge in [0.2, 0.25) is 0 Å². The molecule has 0 aliphatic rings. The lowest BCUT2D eigenvalue weighted by molar-refractivity contribution is -0.117. The third kappa shape index (κ3) is 4.65. The summed E-state index contributed by atoms with van der Waals surface area (Å²) in [5, 5.41) is 14.6. The molecule has 0 radical (unpaired) electrons. The van der Waals surface area contributed by atoms with Crippen LogP contribution in [0.3, 0.4) is 0 Å². The highest BCUT2D eigenvalue weighted by molar-refractivity contribution is 5.97. The number of carbonyl (C=O) groups is 1. The van der Waals surface area contributed by atoms with Gasteiger partial charge in [0.1, 0.15) is 11.6 Å². The van der Waals surface area contributed by atoms with Gasteiger partial charge in [0, 0.05) is 38.2 Å². The molecule has 1 amide bonds. The molecule has 0 saturated heterocycles. The maximum Gasteiger partial charge on any atom is 0.263 e. The number of rotatable bonds is 6. The SMILES string of the molecule is CCCNC(=O)/C(C#N)=C\Nc1ccc(N(C)C)cc1. The second-order valence-corrected chi connectivity index (χ2v) is 4.51. The molecule has 0 aliphatic heterocycles. The van der Waals surface area contributed by atoms with Gasteiger partial charge in [-0.05, 0) is 30.7 Å². The second-order valence-electron chi connectivity index (χ2n) is 4.51. The van der Waals surface area contributed by atoms with Crippen LogP contribution in [0.4, 0.5) is 11.4 Å². The molecule has 0 saturated carbocycles. The highest BCUT2D eigenvalue weighted by Crippen LogP contribution is 2.15. The van der Waals surface area contributed by atoms with Gasteiger partial charge in [0.15, 0.2) is 0 Å². The van der Waals surface area contributed by atoms with E-state index in [0.717, 1.165) is 17.8 Å². The monoisotopic (exact) mass is 272 g/mol. The lowest BCUT2D eigenvalue weighted by Gasteiger charge is -2.12. The van der Waals surface area contributed by atoms with E-state index in [0.29, 0.717) is 6.54 Å². The number of hydrogen-bond donors (Lipinski definition) is 2. The summed E-state index contributed by atoms with van der Waals surface area (Å²) in [7, 11) is 3.93. The minimum absolute atomic E-state index is 0.0649. The molecule has 1 aromatic rings. The third-order valence-corrected chi connectivity index (χ3v) is 2.67. The molecule has 1 rings (SSSR count). The molecule has 0 spiro atoms. The maximum absolute atomic E-state index is 11.6. The fraction of sp³-hybridized carbons (Fsp3) is 0.333. The Morgan fingerprint density at radius 1 is 1.35 bits per heavy atom. The molecule has 106 valence electrons. The summed E-state index contributed by atoms with van der Waals surface area (Å²) in [6.07, 6.45) is 2.26. The number of nitriles is 1. The largest absolute Gasteiger partial charge is 0.378 e. The van der Waals surface area contributed by atoms with Crippen LogP contribution in [0.2, 0.25) is 0 Å². The van der Waals surface area contributed by atoms with Crippen molar-refractivity contribution in [2.45, 2.75) is 13.3 Å². The van der Waals surface area contributed by atoms with Gasteiger partial charge in [-0.2, -0.15) is 5.26 Å². The number of carbonyl (C=O) groups excluding carboxylic acids is 1. The summed E-state index contributed by atoms with van der Waals surface area (Å²) < 4.78 is 0. The predicted octanol–water partition coefficient (Wildman–Crippen LogP) is 2.10. The highest BCUT2D eigenvalue weighted by atomic mass is 16.1. The first-order valence-electron chi connectivity index (χ1n) is 6.51. The Morgan fingerprint density at radius 3 is 2.50 bits per heavy atom. The number of nitrogens with one attached hydrogen (secondary N) is 2. The molecular weight excluding hydrogens is 252 g/mol. The van der Waals surface area contributed by atoms with E-state index in [9.17, 15) is 4.79 Å². The van der Waals surface area contributed by atoms with Crippen LogP contribution in [0.15, 0.2) is 36.0 Å². The summed E-state index contributed by atoms with van der Waals surface area (Å²) in [4.78, 5) is 13.6. The molecule has 1 aromatic carbocycles. The molecule has 5 nitrogen and oxygen atoms in total. The average molecular weight is 272 g/mol. The van der Waals surface area contributed by atoms with E-state index < -0.39 is 0 Å². The van der Waals surface area contributed by atoms with Crippen LogP contribution in [0.5, 0.6) is 0 Å². The number of nitrogens with zero attached hydrogens (tertiary/aromatic N) is 2. The van der Waals surface area contributed by atoms with Gasteiger partial charge in [-0.3, -0.25) is 4.79 Å². The van der Waals surface area contributed by atoms with Crippen molar-refractivity contribution >= 4 is 17.3 Å². The molecule has 0 bridgehead atoms. The second kappa shape index (κ2) is 7.85. The first-order chi connectivity index (χ1) is 9.58. The van der Waals surface area contributed by atoms with E-state index in [4.69, 9.17) is 5.26 Å². The van der Waals surface area contributed by atoms with Crippen molar-refractivity contribution < 1.29 is 4.79 Å². The average Bonchev–Trinajstić information content (AvgIpc) is 2.46. The zero-order chi connectivity index (χ0) is 15.0. The number of amides is 1. The van der Waals surface area contributed by atoms with Gasteiger partial charge < -0.3 is 15.5 Å². The van der Waals surface area contributed by atoms with E-state index in [2.05, 4.69) is 10.6 Å². The summed E-state index contributed by atoms with van der Waals surface area (Å²) in [6.45, 7) is 2.52. The molecule has 0 fully saturated rings. The lowest BCUT2D eigenvalue weighted by atomic mass is 10.2. The van der Waals surface area contributed by atoms with Crippen LogP contribution in [-0.2, 0) is 4.79 Å². The Kier molecular flexibility index (Phi) is 6.11. The van der Waals surface area contributed by atoms with Crippen molar-refractivity contribution in [3.05, 3.63) is 36.0 Å². The fourth-order valence-electron chi connectivity index (χ4n) is 1.49. The molecule has 0 heterocycles. The molecular formula is C15H20N4O. The van der Waals surface area contributed by atoms with Gasteiger partial charge in [0.25, 0.3) is 5.91 Å². The van der Waals surface area contributed by atoms with E-state index in [1.165, 1.54) is 6.20 Å². The first-order valence-corrected chi connectivity index (χ1v) is 6.51. The Morgan fingerprint density at radius 2 is 2.00 bits per heavy atom. The van der Waals surface area contributed by atoms with Crippen LogP contribution in [0.1, 0.15) is 13.3 Å². The topological polar surface area (TPSA) is 68.2 Å². The van der Waals surface area contributed by atoms with E-state index in [1.54, 1.807) is 0 Å². The normalized spacial score (nSPS) is 10.6. The zero-order valence-electron chi connectivity index (χ0n) is 12.1. The minimum Gasteiger partial charge on any atom is -0.378 e. The quantitative estimate of drug-likeness (QED) is 0.614. The van der Waals surface area contributed by atoms with Crippen molar-refractivity contribution in [1.82, 2.24) is 5.32 Å². The molecule has 0 aromatic heterocycles. The first kappa shape index (κ1) is 15.6. The molecule has 5 heteroatoms. The van der Waals surface area contributed by atoms with Crippen molar-refractivity contribution in [2.75, 3.05) is 30.9 Å². The summed E-state index contributed by atoms with van der Waals surface area (Å²) in [5.41, 5.74) is 1.97. The van der Waals surface area contributed by atoms with Gasteiger partial charge in [-0.25, -0.2) is 0 Å². The Balaban J connectivity index is 2.69. The molecule has 20 heavy (non-hydrogen) atoms. The Hall–Kier alpha value is -2.48. The van der Waals surface area contributed by atoms with Gasteiger partial charge in [0.05, 0.1) is 0 Å². The Labute approximate surface area is 119 Å². The van der Waals surface area contributed by atoms with Crippen LogP contribution in [0, 0.1) is 11.3 Å². The van der Waals surface area contributed by atoms with Crippen molar-refractivity contribution in [2.24, 2.45) is 0 Å². The smallest absolute Gasteiger partial charge is 0.263 e. The minimum atomic E-state index is -0.355. The standard InChI is InChI=1S/C15H20N4O/c1-4-9-17-15(20)12(10-16)11-18-13-5-7-14(8-6-13)19(2)3/h5-8,11,18H,4,9H2,1-3H3,(H,17,20)/b12-11-. The molecule has 2 N–H and O–H groups in total. The van der Waals surface area contributed by atoms with E-state index in [1.807, 2.05) is 56.3 Å². The zero-order valence-corrected chi connectivity index (χ0v) is 12.1. The third-order valence-electron chi connectivity index (χ3n) is 2.67. The lowest BCUT2D eigenvalue weighted by Crippen LogP contribution is -2.25. The fourth-order valence-corrected chi connectivity index (χ4v) is 1.49. The van der Waals surface area contributed by atoms with Gasteiger partial charge in [-0.15, -0.1) is 0 Å². The maximum atomic E-state index is 11.6. The predicted molar refractivity (Wildman–Crippen MR) is 81.4 cm³/mol. The number of anilines is 2. The van der Waals surface area contributed by atoms with Gasteiger partial charge in [-0.1, -0.05) is 6.92 Å². The van der Waals surface area contributed by atoms with Crippen molar-refractivity contribution in [1.29, 1.82) is 5.26 Å². The van der Waals surface area contributed by atoms with Crippen molar-refractivity contribution in [3.63, 3.8) is 0 Å². The molecule has 0 aliphatic carbocycles. The van der Waals surface area contributed by atoms with Crippen LogP contribution in [0.25, 0.3) is 0 Å². The number of hydrogen-bond acceptors (Lipinski definition) is 4.